The number of aromatic nitrogens is 2. The average Bonchev–Trinajstić information content (AvgIpc) is 3.38. The number of hydrogen-bond donors (Lipinski definition) is 0. The second kappa shape index (κ2) is 6.39. The van der Waals surface area contributed by atoms with Crippen LogP contribution in [0.1, 0.15) is 60.9 Å². The fourth-order valence-electron chi connectivity index (χ4n) is 3.68. The third-order valence-electron chi connectivity index (χ3n) is 5.32. The smallest absolute Gasteiger partial charge is 0.272 e. The van der Waals surface area contributed by atoms with Gasteiger partial charge in [0.1, 0.15) is 17.0 Å². The van der Waals surface area contributed by atoms with E-state index < -0.39 is 0 Å². The molecule has 1 unspecified atom stereocenters. The van der Waals surface area contributed by atoms with Crippen LogP contribution in [0.4, 0.5) is 0 Å². The summed E-state index contributed by atoms with van der Waals surface area (Å²) in [6, 6.07) is 11.9. The topological polar surface area (TPSA) is 51.3 Å². The van der Waals surface area contributed by atoms with Crippen molar-refractivity contribution in [2.24, 2.45) is 0 Å². The summed E-state index contributed by atoms with van der Waals surface area (Å²) in [7, 11) is 1.83. The lowest BCUT2D eigenvalue weighted by molar-refractivity contribution is 0.0712. The molecule has 3 aromatic rings. The van der Waals surface area contributed by atoms with Gasteiger partial charge in [0.25, 0.3) is 5.91 Å². The Kier molecular flexibility index (Phi) is 4.07. The average molecular weight is 337 g/mol. The van der Waals surface area contributed by atoms with Crippen LogP contribution in [0.15, 0.2) is 47.0 Å². The number of amides is 1. The molecule has 0 bridgehead atoms. The number of furan rings is 1. The highest BCUT2D eigenvalue weighted by atomic mass is 16.3. The number of carbonyl (C=O) groups is 1. The van der Waals surface area contributed by atoms with Crippen molar-refractivity contribution in [1.82, 2.24) is 14.7 Å². The van der Waals surface area contributed by atoms with Crippen LogP contribution in [0.25, 0.3) is 11.0 Å². The van der Waals surface area contributed by atoms with E-state index in [9.17, 15) is 4.79 Å². The van der Waals surface area contributed by atoms with E-state index in [4.69, 9.17) is 4.42 Å². The van der Waals surface area contributed by atoms with Crippen LogP contribution < -0.4 is 0 Å². The van der Waals surface area contributed by atoms with Crippen LogP contribution in [0, 0.1) is 0 Å². The van der Waals surface area contributed by atoms with Gasteiger partial charge in [-0.15, -0.1) is 0 Å². The van der Waals surface area contributed by atoms with Gasteiger partial charge in [-0.3, -0.25) is 9.48 Å². The molecule has 0 N–H and O–H groups in total. The number of hydrogen-bond acceptors (Lipinski definition) is 3. The molecule has 5 heteroatoms. The lowest BCUT2D eigenvalue weighted by Crippen LogP contribution is -2.31. The van der Waals surface area contributed by atoms with E-state index in [1.807, 2.05) is 55.1 Å². The monoisotopic (exact) mass is 337 g/mol. The molecule has 0 radical (unpaired) electrons. The van der Waals surface area contributed by atoms with Gasteiger partial charge in [0.15, 0.2) is 0 Å². The number of benzene rings is 1. The lowest BCUT2D eigenvalue weighted by Gasteiger charge is -2.24. The minimum absolute atomic E-state index is 0.0163. The highest BCUT2D eigenvalue weighted by Crippen LogP contribution is 2.31. The van der Waals surface area contributed by atoms with Gasteiger partial charge in [-0.05, 0) is 38.0 Å². The second-order valence-corrected chi connectivity index (χ2v) is 6.88. The first-order chi connectivity index (χ1) is 12.1. The number of carbonyl (C=O) groups excluding carboxylic acids is 1. The summed E-state index contributed by atoms with van der Waals surface area (Å²) < 4.78 is 7.85. The molecule has 0 saturated heterocycles. The Morgan fingerprint density at radius 1 is 1.28 bits per heavy atom. The molecular formula is C20H23N3O2. The van der Waals surface area contributed by atoms with E-state index in [2.05, 4.69) is 5.10 Å². The van der Waals surface area contributed by atoms with Crippen molar-refractivity contribution in [3.63, 3.8) is 0 Å². The first-order valence-corrected chi connectivity index (χ1v) is 8.94. The van der Waals surface area contributed by atoms with Gasteiger partial charge in [0.05, 0.1) is 12.1 Å². The van der Waals surface area contributed by atoms with Crippen molar-refractivity contribution in [2.45, 2.75) is 44.7 Å². The van der Waals surface area contributed by atoms with E-state index in [1.165, 1.54) is 12.8 Å². The van der Waals surface area contributed by atoms with Gasteiger partial charge < -0.3 is 9.32 Å². The first-order valence-electron chi connectivity index (χ1n) is 8.94. The molecule has 130 valence electrons. The number of nitrogens with zero attached hydrogens (tertiary/aromatic N) is 3. The highest BCUT2D eigenvalue weighted by molar-refractivity contribution is 5.92. The Bertz CT molecular complexity index is 856. The summed E-state index contributed by atoms with van der Waals surface area (Å²) in [4.78, 5) is 14.8. The summed E-state index contributed by atoms with van der Waals surface area (Å²) >= 11 is 0. The summed E-state index contributed by atoms with van der Waals surface area (Å²) in [6.45, 7) is 1.99. The fourth-order valence-corrected chi connectivity index (χ4v) is 3.68. The van der Waals surface area contributed by atoms with Crippen molar-refractivity contribution in [3.8, 4) is 0 Å². The van der Waals surface area contributed by atoms with Crippen molar-refractivity contribution in [1.29, 1.82) is 0 Å². The van der Waals surface area contributed by atoms with E-state index in [0.717, 1.165) is 29.6 Å². The zero-order valence-corrected chi connectivity index (χ0v) is 14.7. The number of rotatable bonds is 4. The van der Waals surface area contributed by atoms with Crippen molar-refractivity contribution >= 4 is 16.9 Å². The Hall–Kier alpha value is -2.56. The number of fused-ring (bicyclic) bond motifs is 1. The first kappa shape index (κ1) is 15.9. The third kappa shape index (κ3) is 2.84. The molecule has 2 aromatic heterocycles. The van der Waals surface area contributed by atoms with E-state index in [-0.39, 0.29) is 11.9 Å². The molecule has 1 aliphatic carbocycles. The molecule has 1 aromatic carbocycles. The molecule has 4 rings (SSSR count). The van der Waals surface area contributed by atoms with Gasteiger partial charge >= 0.3 is 0 Å². The van der Waals surface area contributed by atoms with E-state index in [1.54, 1.807) is 11.1 Å². The third-order valence-corrected chi connectivity index (χ3v) is 5.32. The van der Waals surface area contributed by atoms with Gasteiger partial charge in [-0.25, -0.2) is 0 Å². The summed E-state index contributed by atoms with van der Waals surface area (Å²) in [6.07, 6.45) is 6.35. The standard InChI is InChI=1S/C20H23N3O2/c1-14(19-13-15-7-3-6-10-18(15)25-19)22(2)20(24)17-11-12-21-23(17)16-8-4-5-9-16/h3,6-7,10-14,16H,4-5,8-9H2,1-2H3. The SMILES string of the molecule is CC(c1cc2ccccc2o1)N(C)C(=O)c1ccnn1C1CCCC1. The van der Waals surface area contributed by atoms with Crippen molar-refractivity contribution in [2.75, 3.05) is 7.05 Å². The molecule has 2 heterocycles. The molecule has 1 saturated carbocycles. The second-order valence-electron chi connectivity index (χ2n) is 6.88. The summed E-state index contributed by atoms with van der Waals surface area (Å²) in [5.74, 6) is 0.779. The van der Waals surface area contributed by atoms with Crippen molar-refractivity contribution in [3.05, 3.63) is 54.0 Å². The van der Waals surface area contributed by atoms with Crippen LogP contribution in [0.5, 0.6) is 0 Å². The highest BCUT2D eigenvalue weighted by Gasteiger charge is 2.27. The van der Waals surface area contributed by atoms with Crippen LogP contribution in [-0.4, -0.2) is 27.6 Å². The minimum Gasteiger partial charge on any atom is -0.459 e. The Labute approximate surface area is 147 Å². The molecule has 1 aliphatic rings. The van der Waals surface area contributed by atoms with Gasteiger partial charge in [-0.1, -0.05) is 31.0 Å². The molecule has 1 fully saturated rings. The zero-order chi connectivity index (χ0) is 17.4. The predicted molar refractivity (Wildman–Crippen MR) is 96.5 cm³/mol. The molecule has 0 aliphatic heterocycles. The largest absolute Gasteiger partial charge is 0.459 e. The molecule has 0 spiro atoms. The quantitative estimate of drug-likeness (QED) is 0.700. The van der Waals surface area contributed by atoms with Gasteiger partial charge in [-0.2, -0.15) is 5.10 Å². The summed E-state index contributed by atoms with van der Waals surface area (Å²) in [5, 5.41) is 5.47. The van der Waals surface area contributed by atoms with E-state index in [0.29, 0.717) is 11.7 Å². The number of para-hydroxylation sites is 1. The Balaban J connectivity index is 1.58. The normalized spacial score (nSPS) is 16.4. The maximum absolute atomic E-state index is 13.0. The maximum atomic E-state index is 13.0. The van der Waals surface area contributed by atoms with Crippen LogP contribution in [0.3, 0.4) is 0 Å². The van der Waals surface area contributed by atoms with Crippen LogP contribution in [-0.2, 0) is 0 Å². The fraction of sp³-hybridized carbons (Fsp3) is 0.400. The predicted octanol–water partition coefficient (Wildman–Crippen LogP) is 4.58. The Morgan fingerprint density at radius 2 is 2.04 bits per heavy atom. The van der Waals surface area contributed by atoms with Crippen molar-refractivity contribution < 1.29 is 9.21 Å². The minimum atomic E-state index is -0.146. The molecule has 5 nitrogen and oxygen atoms in total. The molecule has 1 atom stereocenters. The maximum Gasteiger partial charge on any atom is 0.272 e. The molecule has 25 heavy (non-hydrogen) atoms. The van der Waals surface area contributed by atoms with Gasteiger partial charge in [0, 0.05) is 18.6 Å². The van der Waals surface area contributed by atoms with Gasteiger partial charge in [0.2, 0.25) is 0 Å². The van der Waals surface area contributed by atoms with Crippen LogP contribution >= 0.6 is 0 Å². The molecule has 1 amide bonds. The molecular weight excluding hydrogens is 314 g/mol. The van der Waals surface area contributed by atoms with E-state index >= 15 is 0 Å². The Morgan fingerprint density at radius 3 is 2.80 bits per heavy atom. The lowest BCUT2D eigenvalue weighted by atomic mass is 10.2. The zero-order valence-electron chi connectivity index (χ0n) is 14.7. The summed E-state index contributed by atoms with van der Waals surface area (Å²) in [5.41, 5.74) is 1.51. The van der Waals surface area contributed by atoms with Crippen LogP contribution in [0.2, 0.25) is 0 Å².